The summed E-state index contributed by atoms with van der Waals surface area (Å²) in [5.41, 5.74) is -0.335. The maximum atomic E-state index is 13.1. The molecule has 1 aromatic heterocycles. The van der Waals surface area contributed by atoms with Crippen LogP contribution in [0.1, 0.15) is 25.8 Å². The second kappa shape index (κ2) is 7.84. The second-order valence-corrected chi connectivity index (χ2v) is 11.1. The number of nitrogens with one attached hydrogen (secondary N) is 2. The molecule has 0 saturated heterocycles. The van der Waals surface area contributed by atoms with E-state index in [9.17, 15) is 23.1 Å². The molecule has 4 rings (SSSR count). The Morgan fingerprint density at radius 3 is 2.41 bits per heavy atom. The Morgan fingerprint density at radius 1 is 1.03 bits per heavy atom. The van der Waals surface area contributed by atoms with Crippen molar-refractivity contribution in [2.24, 2.45) is 0 Å². The highest BCUT2D eigenvalue weighted by atomic mass is 32.2. The van der Waals surface area contributed by atoms with Gasteiger partial charge in [-0.15, -0.1) is 11.3 Å². The van der Waals surface area contributed by atoms with Gasteiger partial charge in [-0.3, -0.25) is 9.59 Å². The predicted molar refractivity (Wildman–Crippen MR) is 123 cm³/mol. The zero-order valence-electron chi connectivity index (χ0n) is 17.5. The third-order valence-electron chi connectivity index (χ3n) is 5.83. The van der Waals surface area contributed by atoms with Gasteiger partial charge in [-0.25, -0.2) is 8.42 Å². The largest absolute Gasteiger partial charge is 0.480 e. The van der Waals surface area contributed by atoms with Crippen LogP contribution < -0.4 is 10.0 Å². The lowest BCUT2D eigenvalue weighted by Crippen LogP contribution is -2.47. The Kier molecular flexibility index (Phi) is 5.44. The number of anilines is 1. The molecule has 1 saturated carbocycles. The van der Waals surface area contributed by atoms with Crippen LogP contribution in [0, 0.1) is 0 Å². The van der Waals surface area contributed by atoms with Crippen molar-refractivity contribution >= 4 is 38.9 Å². The van der Waals surface area contributed by atoms with E-state index in [0.717, 1.165) is 22.5 Å². The lowest BCUT2D eigenvalue weighted by molar-refractivity contribution is -0.140. The minimum Gasteiger partial charge on any atom is -0.480 e. The van der Waals surface area contributed by atoms with E-state index in [4.69, 9.17) is 0 Å². The molecule has 7 nitrogen and oxygen atoms in total. The molecule has 2 atom stereocenters. The summed E-state index contributed by atoms with van der Waals surface area (Å²) >= 11 is 1.04. The molecule has 1 heterocycles. The maximum absolute atomic E-state index is 13.1. The van der Waals surface area contributed by atoms with Gasteiger partial charge >= 0.3 is 5.97 Å². The van der Waals surface area contributed by atoms with Gasteiger partial charge in [0.15, 0.2) is 0 Å². The van der Waals surface area contributed by atoms with Gasteiger partial charge in [0, 0.05) is 22.9 Å². The number of carbonyl (C=O) groups is 2. The number of aliphatic carboxylic acids is 1. The molecule has 166 valence electrons. The topological polar surface area (TPSA) is 113 Å². The van der Waals surface area contributed by atoms with Crippen molar-refractivity contribution < 1.29 is 23.1 Å². The van der Waals surface area contributed by atoms with Gasteiger partial charge < -0.3 is 10.4 Å². The summed E-state index contributed by atoms with van der Waals surface area (Å²) in [6, 6.07) is 19.3. The highest BCUT2D eigenvalue weighted by Crippen LogP contribution is 2.58. The monoisotopic (exact) mass is 470 g/mol. The molecule has 0 unspecified atom stereocenters. The fourth-order valence-corrected chi connectivity index (χ4v) is 6.76. The van der Waals surface area contributed by atoms with Gasteiger partial charge in [-0.2, -0.15) is 4.72 Å². The fourth-order valence-electron chi connectivity index (χ4n) is 4.00. The van der Waals surface area contributed by atoms with Crippen molar-refractivity contribution in [3.05, 3.63) is 72.3 Å². The number of carboxylic acid groups (broad SMARTS) is 1. The van der Waals surface area contributed by atoms with Crippen LogP contribution in [0.4, 0.5) is 5.69 Å². The van der Waals surface area contributed by atoms with Crippen LogP contribution in [0.25, 0.3) is 10.4 Å². The van der Waals surface area contributed by atoms with E-state index in [-0.39, 0.29) is 16.5 Å². The molecule has 1 aliphatic rings. The van der Waals surface area contributed by atoms with Gasteiger partial charge in [-0.1, -0.05) is 49.4 Å². The Morgan fingerprint density at radius 2 is 1.75 bits per heavy atom. The van der Waals surface area contributed by atoms with Crippen molar-refractivity contribution in [1.29, 1.82) is 0 Å². The first-order valence-corrected chi connectivity index (χ1v) is 12.2. The van der Waals surface area contributed by atoms with Crippen molar-refractivity contribution in [3.8, 4) is 10.4 Å². The third kappa shape index (κ3) is 3.83. The van der Waals surface area contributed by atoms with Gasteiger partial charge in [0.2, 0.25) is 5.91 Å². The van der Waals surface area contributed by atoms with E-state index in [0.29, 0.717) is 10.6 Å². The predicted octanol–water partition coefficient (Wildman–Crippen LogP) is 3.84. The van der Waals surface area contributed by atoms with Crippen molar-refractivity contribution in [3.63, 3.8) is 0 Å². The van der Waals surface area contributed by atoms with E-state index in [2.05, 4.69) is 10.0 Å². The average Bonchev–Trinajstić information content (AvgIpc) is 3.11. The first kappa shape index (κ1) is 22.2. The quantitative estimate of drug-likeness (QED) is 0.486. The van der Waals surface area contributed by atoms with Crippen LogP contribution in [0.2, 0.25) is 0 Å². The van der Waals surface area contributed by atoms with Crippen molar-refractivity contribution in [2.45, 2.75) is 35.4 Å². The minimum absolute atomic E-state index is 0.0281. The molecule has 3 aromatic rings. The Bertz CT molecular complexity index is 1300. The third-order valence-corrected chi connectivity index (χ3v) is 8.95. The highest BCUT2D eigenvalue weighted by molar-refractivity contribution is 7.91. The molecule has 0 aliphatic heterocycles. The molecular formula is C23H22N2O5S2. The molecule has 9 heteroatoms. The standard InChI is InChI=1S/C23H22N2O5S2/c1-15(26)24-18-10-6-7-16(13-18)19-11-12-20(31-19)32(29,30)25-23(21(27)28)14-22(23,2)17-8-4-3-5-9-17/h3-13,25H,14H2,1-2H3,(H,24,26)(H,27,28)/t22-,23-/m1/s1. The normalized spacial score (nSPS) is 22.3. The average molecular weight is 471 g/mol. The van der Waals surface area contributed by atoms with Gasteiger partial charge in [0.05, 0.1) is 0 Å². The van der Waals surface area contributed by atoms with E-state index in [1.165, 1.54) is 13.0 Å². The lowest BCUT2D eigenvalue weighted by Gasteiger charge is -2.20. The zero-order chi connectivity index (χ0) is 23.1. The summed E-state index contributed by atoms with van der Waals surface area (Å²) < 4.78 is 28.8. The Balaban J connectivity index is 1.62. The molecule has 0 radical (unpaired) electrons. The number of sulfonamides is 1. The van der Waals surface area contributed by atoms with Gasteiger partial charge in [0.25, 0.3) is 10.0 Å². The van der Waals surface area contributed by atoms with E-state index >= 15 is 0 Å². The minimum atomic E-state index is -4.08. The number of benzene rings is 2. The SMILES string of the molecule is CC(=O)Nc1cccc(-c2ccc(S(=O)(=O)N[C@@]3(C(=O)O)C[C@]3(C)c3ccccc3)s2)c1. The van der Waals surface area contributed by atoms with Crippen molar-refractivity contribution in [1.82, 2.24) is 4.72 Å². The molecule has 0 bridgehead atoms. The number of rotatable bonds is 7. The van der Waals surface area contributed by atoms with Crippen molar-refractivity contribution in [2.75, 3.05) is 5.32 Å². The second-order valence-electron chi connectivity index (χ2n) is 8.07. The van der Waals surface area contributed by atoms with E-state index < -0.39 is 26.9 Å². The molecule has 32 heavy (non-hydrogen) atoms. The first-order chi connectivity index (χ1) is 15.1. The molecular weight excluding hydrogens is 448 g/mol. The van der Waals surface area contributed by atoms with Crippen LogP contribution in [0.5, 0.6) is 0 Å². The Labute approximate surface area is 190 Å². The Hall–Kier alpha value is -3.01. The van der Waals surface area contributed by atoms with Gasteiger partial charge in [-0.05, 0) is 41.8 Å². The number of thiophene rings is 1. The fraction of sp³-hybridized carbons (Fsp3) is 0.217. The molecule has 1 amide bonds. The number of hydrogen-bond donors (Lipinski definition) is 3. The summed E-state index contributed by atoms with van der Waals surface area (Å²) in [6.07, 6.45) is 0.162. The smallest absolute Gasteiger partial charge is 0.325 e. The summed E-state index contributed by atoms with van der Waals surface area (Å²) in [6.45, 7) is 3.17. The number of carboxylic acids is 1. The zero-order valence-corrected chi connectivity index (χ0v) is 19.1. The molecule has 0 spiro atoms. The number of carbonyl (C=O) groups excluding carboxylic acids is 1. The highest BCUT2D eigenvalue weighted by Gasteiger charge is 2.72. The van der Waals surface area contributed by atoms with E-state index in [1.54, 1.807) is 43.3 Å². The molecule has 3 N–H and O–H groups in total. The molecule has 1 fully saturated rings. The lowest BCUT2D eigenvalue weighted by atomic mass is 9.93. The van der Waals surface area contributed by atoms with Crippen LogP contribution in [0.3, 0.4) is 0 Å². The summed E-state index contributed by atoms with van der Waals surface area (Å²) in [5, 5.41) is 12.6. The van der Waals surface area contributed by atoms with Crippen LogP contribution in [0.15, 0.2) is 70.9 Å². The number of amides is 1. The van der Waals surface area contributed by atoms with Crippen LogP contribution >= 0.6 is 11.3 Å². The van der Waals surface area contributed by atoms with Gasteiger partial charge in [0.1, 0.15) is 9.75 Å². The summed E-state index contributed by atoms with van der Waals surface area (Å²) in [4.78, 5) is 24.2. The summed E-state index contributed by atoms with van der Waals surface area (Å²) in [5.74, 6) is -1.40. The number of hydrogen-bond acceptors (Lipinski definition) is 5. The molecule has 2 aromatic carbocycles. The first-order valence-electron chi connectivity index (χ1n) is 9.88. The molecule has 1 aliphatic carbocycles. The van der Waals surface area contributed by atoms with E-state index in [1.807, 2.05) is 24.3 Å². The van der Waals surface area contributed by atoms with Crippen LogP contribution in [-0.2, 0) is 25.0 Å². The van der Waals surface area contributed by atoms with Crippen LogP contribution in [-0.4, -0.2) is 30.9 Å². The maximum Gasteiger partial charge on any atom is 0.325 e. The summed E-state index contributed by atoms with van der Waals surface area (Å²) in [7, 11) is -4.08.